The fourth-order valence-electron chi connectivity index (χ4n) is 4.38. The summed E-state index contributed by atoms with van der Waals surface area (Å²) >= 11 is 0. The van der Waals surface area contributed by atoms with Gasteiger partial charge in [-0.1, -0.05) is 12.2 Å². The van der Waals surface area contributed by atoms with Crippen LogP contribution in [-0.2, 0) is 9.59 Å². The van der Waals surface area contributed by atoms with Crippen molar-refractivity contribution in [2.45, 2.75) is 13.3 Å². The zero-order valence-corrected chi connectivity index (χ0v) is 15.4. The second-order valence-corrected chi connectivity index (χ2v) is 6.99. The van der Waals surface area contributed by atoms with Crippen molar-refractivity contribution in [1.82, 2.24) is 5.01 Å². The minimum Gasteiger partial charge on any atom is -0.493 e. The number of carbonyl (C=O) groups is 2. The first kappa shape index (κ1) is 18.1. The quantitative estimate of drug-likeness (QED) is 0.244. The molecule has 1 aromatic rings. The van der Waals surface area contributed by atoms with Gasteiger partial charge < -0.3 is 9.47 Å². The molecule has 2 fully saturated rings. The summed E-state index contributed by atoms with van der Waals surface area (Å²) in [4.78, 5) is 36.1. The molecule has 2 aliphatic carbocycles. The molecule has 4 rings (SSSR count). The van der Waals surface area contributed by atoms with Gasteiger partial charge in [0.05, 0.1) is 36.7 Å². The van der Waals surface area contributed by atoms with Crippen molar-refractivity contribution in [3.63, 3.8) is 0 Å². The van der Waals surface area contributed by atoms with Crippen LogP contribution >= 0.6 is 0 Å². The van der Waals surface area contributed by atoms with Crippen molar-refractivity contribution in [3.05, 3.63) is 40.0 Å². The predicted molar refractivity (Wildman–Crippen MR) is 98.0 cm³/mol. The fourth-order valence-corrected chi connectivity index (χ4v) is 4.38. The van der Waals surface area contributed by atoms with Gasteiger partial charge in [-0.3, -0.25) is 19.7 Å². The maximum atomic E-state index is 12.7. The number of benzene rings is 1. The standard InChI is InChI=1S/C19H19N3O6/c1-3-28-17-13(22(25)26)6-10(7-14(17)27-2)9-20-21-18(23)15-11-4-5-12(8-11)16(15)19(21)24/h4-7,9,11-12,15-16H,3,8H2,1-2H3. The summed E-state index contributed by atoms with van der Waals surface area (Å²) in [5, 5.41) is 16.3. The maximum Gasteiger partial charge on any atom is 0.315 e. The molecule has 2 amide bonds. The lowest BCUT2D eigenvalue weighted by molar-refractivity contribution is -0.385. The Morgan fingerprint density at radius 3 is 2.43 bits per heavy atom. The summed E-state index contributed by atoms with van der Waals surface area (Å²) in [5.41, 5.74) is 0.0478. The SMILES string of the molecule is CCOc1c(OC)cc(C=NN2C(=O)C3C4C=CC(C4)C3C2=O)cc1[N+](=O)[O-]. The molecule has 146 valence electrons. The largest absolute Gasteiger partial charge is 0.493 e. The molecule has 9 heteroatoms. The smallest absolute Gasteiger partial charge is 0.315 e. The van der Waals surface area contributed by atoms with Crippen molar-refractivity contribution in [2.24, 2.45) is 28.8 Å². The van der Waals surface area contributed by atoms with Gasteiger partial charge in [-0.2, -0.15) is 10.1 Å². The number of ether oxygens (including phenoxy) is 2. The van der Waals surface area contributed by atoms with Crippen molar-refractivity contribution >= 4 is 23.7 Å². The Balaban J connectivity index is 1.63. The van der Waals surface area contributed by atoms with Gasteiger partial charge in [0.15, 0.2) is 5.75 Å². The number of hydrazone groups is 1. The number of rotatable bonds is 6. The van der Waals surface area contributed by atoms with Crippen LogP contribution in [0.1, 0.15) is 18.9 Å². The third kappa shape index (κ3) is 2.65. The van der Waals surface area contributed by atoms with E-state index in [4.69, 9.17) is 9.47 Å². The molecule has 3 aliphatic rings. The van der Waals surface area contributed by atoms with Crippen LogP contribution in [-0.4, -0.2) is 41.7 Å². The van der Waals surface area contributed by atoms with E-state index >= 15 is 0 Å². The van der Waals surface area contributed by atoms with Crippen LogP contribution in [0, 0.1) is 33.8 Å². The van der Waals surface area contributed by atoms with Crippen LogP contribution in [0.25, 0.3) is 0 Å². The third-order valence-electron chi connectivity index (χ3n) is 5.53. The number of nitro groups is 1. The molecule has 1 saturated heterocycles. The second-order valence-electron chi connectivity index (χ2n) is 6.99. The van der Waals surface area contributed by atoms with Crippen LogP contribution in [0.3, 0.4) is 0 Å². The highest BCUT2D eigenvalue weighted by atomic mass is 16.6. The molecule has 1 heterocycles. The lowest BCUT2D eigenvalue weighted by atomic mass is 9.85. The average molecular weight is 385 g/mol. The molecule has 4 unspecified atom stereocenters. The molecule has 9 nitrogen and oxygen atoms in total. The molecule has 1 saturated carbocycles. The van der Waals surface area contributed by atoms with Crippen molar-refractivity contribution in [2.75, 3.05) is 13.7 Å². The number of amides is 2. The van der Waals surface area contributed by atoms with Gasteiger partial charge in [-0.15, -0.1) is 0 Å². The molecular formula is C19H19N3O6. The number of carbonyl (C=O) groups excluding carboxylic acids is 2. The Bertz CT molecular complexity index is 894. The Labute approximate surface area is 160 Å². The van der Waals surface area contributed by atoms with E-state index in [0.717, 1.165) is 11.4 Å². The first-order valence-corrected chi connectivity index (χ1v) is 9.05. The Morgan fingerprint density at radius 2 is 1.89 bits per heavy atom. The number of nitrogens with zero attached hydrogens (tertiary/aromatic N) is 3. The molecule has 2 bridgehead atoms. The van der Waals surface area contributed by atoms with Gasteiger partial charge in [0.1, 0.15) is 0 Å². The molecule has 1 aromatic carbocycles. The summed E-state index contributed by atoms with van der Waals surface area (Å²) in [5.74, 6) is -0.913. The molecular weight excluding hydrogens is 366 g/mol. The molecule has 1 aliphatic heterocycles. The lowest BCUT2D eigenvalue weighted by Gasteiger charge is -2.13. The summed E-state index contributed by atoms with van der Waals surface area (Å²) in [6.45, 7) is 1.95. The average Bonchev–Trinajstić information content (AvgIpc) is 3.35. The van der Waals surface area contributed by atoms with Crippen molar-refractivity contribution in [3.8, 4) is 11.5 Å². The first-order valence-electron chi connectivity index (χ1n) is 9.05. The first-order chi connectivity index (χ1) is 13.5. The van der Waals surface area contributed by atoms with E-state index in [1.165, 1.54) is 25.5 Å². The van der Waals surface area contributed by atoms with E-state index in [1.54, 1.807) is 6.92 Å². The van der Waals surface area contributed by atoms with Gasteiger partial charge in [0.2, 0.25) is 5.75 Å². The van der Waals surface area contributed by atoms with Gasteiger partial charge >= 0.3 is 5.69 Å². The zero-order chi connectivity index (χ0) is 20.0. The highest BCUT2D eigenvalue weighted by Crippen LogP contribution is 2.52. The van der Waals surface area contributed by atoms with E-state index in [2.05, 4.69) is 5.10 Å². The number of nitro benzene ring substituents is 1. The molecule has 0 N–H and O–H groups in total. The molecule has 0 spiro atoms. The van der Waals surface area contributed by atoms with Crippen molar-refractivity contribution < 1.29 is 24.0 Å². The highest BCUT2D eigenvalue weighted by molar-refractivity contribution is 6.06. The normalized spacial score (nSPS) is 27.7. The third-order valence-corrected chi connectivity index (χ3v) is 5.53. The number of methoxy groups -OCH3 is 1. The van der Waals surface area contributed by atoms with E-state index in [9.17, 15) is 19.7 Å². The number of fused-ring (bicyclic) bond motifs is 5. The van der Waals surface area contributed by atoms with Gasteiger partial charge in [0, 0.05) is 11.6 Å². The minimum absolute atomic E-state index is 0.0256. The van der Waals surface area contributed by atoms with Crippen molar-refractivity contribution in [1.29, 1.82) is 0 Å². The summed E-state index contributed by atoms with van der Waals surface area (Å²) < 4.78 is 10.5. The molecule has 28 heavy (non-hydrogen) atoms. The van der Waals surface area contributed by atoms with E-state index < -0.39 is 4.92 Å². The van der Waals surface area contributed by atoms with Crippen LogP contribution in [0.4, 0.5) is 5.69 Å². The zero-order valence-electron chi connectivity index (χ0n) is 15.4. The van der Waals surface area contributed by atoms with Gasteiger partial charge in [-0.25, -0.2) is 0 Å². The van der Waals surface area contributed by atoms with Crippen LogP contribution in [0.15, 0.2) is 29.4 Å². The monoisotopic (exact) mass is 385 g/mol. The summed E-state index contributed by atoms with van der Waals surface area (Å²) in [6.07, 6.45) is 6.11. The lowest BCUT2D eigenvalue weighted by Crippen LogP contribution is -2.28. The molecule has 4 atom stereocenters. The van der Waals surface area contributed by atoms with E-state index in [0.29, 0.717) is 5.56 Å². The van der Waals surface area contributed by atoms with Crippen LogP contribution in [0.2, 0.25) is 0 Å². The van der Waals surface area contributed by atoms with E-state index in [1.807, 2.05) is 12.2 Å². The number of allylic oxidation sites excluding steroid dienone is 2. The highest BCUT2D eigenvalue weighted by Gasteiger charge is 2.59. The second kappa shape index (κ2) is 6.74. The van der Waals surface area contributed by atoms with Gasteiger partial charge in [0.25, 0.3) is 11.8 Å². The summed E-state index contributed by atoms with van der Waals surface area (Å²) in [7, 11) is 1.37. The maximum absolute atomic E-state index is 12.7. The van der Waals surface area contributed by atoms with Gasteiger partial charge in [-0.05, 0) is 31.2 Å². The van der Waals surface area contributed by atoms with E-state index in [-0.39, 0.29) is 59.3 Å². The van der Waals surface area contributed by atoms with Crippen LogP contribution < -0.4 is 9.47 Å². The predicted octanol–water partition coefficient (Wildman–Crippen LogP) is 2.14. The molecule has 0 radical (unpaired) electrons. The number of imide groups is 1. The fraction of sp³-hybridized carbons (Fsp3) is 0.421. The molecule has 0 aromatic heterocycles. The Morgan fingerprint density at radius 1 is 1.25 bits per heavy atom. The summed E-state index contributed by atoms with van der Waals surface area (Å²) in [6, 6.07) is 2.78. The Kier molecular flexibility index (Phi) is 4.37. The topological polar surface area (TPSA) is 111 Å². The number of hydrogen-bond donors (Lipinski definition) is 0. The number of hydrogen-bond acceptors (Lipinski definition) is 7. The van der Waals surface area contributed by atoms with Crippen LogP contribution in [0.5, 0.6) is 11.5 Å². The minimum atomic E-state index is -0.579. The Hall–Kier alpha value is -3.23.